The first-order chi connectivity index (χ1) is 11.0. The van der Waals surface area contributed by atoms with Gasteiger partial charge in [0.1, 0.15) is 0 Å². The van der Waals surface area contributed by atoms with Crippen molar-refractivity contribution in [3.05, 3.63) is 52.2 Å². The van der Waals surface area contributed by atoms with Crippen LogP contribution in [-0.2, 0) is 10.0 Å². The van der Waals surface area contributed by atoms with Crippen LogP contribution in [-0.4, -0.2) is 28.7 Å². The van der Waals surface area contributed by atoms with Gasteiger partial charge in [0.05, 0.1) is 10.3 Å². The molecule has 0 N–H and O–H groups in total. The minimum atomic E-state index is -4.08. The third-order valence-electron chi connectivity index (χ3n) is 3.91. The van der Waals surface area contributed by atoms with E-state index >= 15 is 0 Å². The van der Waals surface area contributed by atoms with E-state index in [0.717, 1.165) is 28.1 Å². The van der Waals surface area contributed by atoms with E-state index in [0.29, 0.717) is 3.97 Å². The number of alkyl halides is 1. The third kappa shape index (κ3) is 3.06. The van der Waals surface area contributed by atoms with Gasteiger partial charge in [0, 0.05) is 18.3 Å². The van der Waals surface area contributed by atoms with Gasteiger partial charge in [-0.25, -0.2) is 17.8 Å². The number of carbonyl (C=O) groups excluding carboxylic acids is 1. The lowest BCUT2D eigenvalue weighted by atomic mass is 9.95. The summed E-state index contributed by atoms with van der Waals surface area (Å²) in [6.45, 7) is 6.82. The van der Waals surface area contributed by atoms with Crippen molar-refractivity contribution in [2.45, 2.75) is 32.6 Å². The molecule has 0 radical (unpaired) electrons. The number of imidazole rings is 1. The highest BCUT2D eigenvalue weighted by Gasteiger charge is 2.31. The summed E-state index contributed by atoms with van der Waals surface area (Å²) in [7, 11) is -4.08. The summed E-state index contributed by atoms with van der Waals surface area (Å²) in [5.74, 6) is -0.551. The van der Waals surface area contributed by atoms with Crippen molar-refractivity contribution in [3.63, 3.8) is 0 Å². The second-order valence-corrected chi connectivity index (χ2v) is 8.40. The number of hydrogen-bond acceptors (Lipinski definition) is 4. The molecule has 1 aromatic heterocycles. The maximum Gasteiger partial charge on any atom is 0.349 e. The van der Waals surface area contributed by atoms with Gasteiger partial charge in [-0.3, -0.25) is 4.79 Å². The van der Waals surface area contributed by atoms with Crippen LogP contribution in [0, 0.1) is 19.3 Å². The Kier molecular flexibility index (Phi) is 4.79. The molecule has 8 heteroatoms. The summed E-state index contributed by atoms with van der Waals surface area (Å²) in [6.07, 6.45) is 2.23. The van der Waals surface area contributed by atoms with Gasteiger partial charge in [-0.2, -0.15) is 3.97 Å². The Hall–Kier alpha value is -1.86. The number of halogens is 1. The van der Waals surface area contributed by atoms with Gasteiger partial charge in [0.15, 0.2) is 0 Å². The fraction of sp³-hybridized carbons (Fsp3) is 0.375. The number of rotatable bonds is 4. The molecular weight excluding hydrogens is 352 g/mol. The van der Waals surface area contributed by atoms with E-state index in [9.17, 15) is 18.0 Å². The summed E-state index contributed by atoms with van der Waals surface area (Å²) in [6, 6.07) is 4.61. The SMILES string of the molecule is Cc1ccc(S(=O)(=O)n2ccn(C(=O)C(C)(C)CCl)c2=O)cc1C. The van der Waals surface area contributed by atoms with Gasteiger partial charge in [-0.1, -0.05) is 6.07 Å². The number of hydrogen-bond donors (Lipinski definition) is 0. The highest BCUT2D eigenvalue weighted by Crippen LogP contribution is 2.20. The molecule has 0 unspecified atom stereocenters. The summed E-state index contributed by atoms with van der Waals surface area (Å²) in [4.78, 5) is 24.8. The van der Waals surface area contributed by atoms with E-state index in [4.69, 9.17) is 11.6 Å². The lowest BCUT2D eigenvalue weighted by molar-refractivity contribution is 0.0766. The predicted molar refractivity (Wildman–Crippen MR) is 92.3 cm³/mol. The Balaban J connectivity index is 2.56. The fourth-order valence-electron chi connectivity index (χ4n) is 2.07. The Morgan fingerprint density at radius 1 is 1.17 bits per heavy atom. The Morgan fingerprint density at radius 3 is 2.33 bits per heavy atom. The zero-order valence-electron chi connectivity index (χ0n) is 13.9. The molecule has 1 aromatic carbocycles. The second-order valence-electron chi connectivity index (χ2n) is 6.32. The van der Waals surface area contributed by atoms with Gasteiger partial charge in [-0.05, 0) is 51.0 Å². The van der Waals surface area contributed by atoms with Gasteiger partial charge in [0.25, 0.3) is 10.0 Å². The Bertz CT molecular complexity index is 955. The first-order valence-electron chi connectivity index (χ1n) is 7.26. The molecule has 6 nitrogen and oxygen atoms in total. The summed E-state index contributed by atoms with van der Waals surface area (Å²) in [5, 5.41) is 0. The molecule has 2 rings (SSSR count). The van der Waals surface area contributed by atoms with Crippen molar-refractivity contribution < 1.29 is 13.2 Å². The van der Waals surface area contributed by atoms with Crippen LogP contribution in [0.15, 0.2) is 40.3 Å². The monoisotopic (exact) mass is 370 g/mol. The average molecular weight is 371 g/mol. The molecule has 0 saturated heterocycles. The normalized spacial score (nSPS) is 12.4. The van der Waals surface area contributed by atoms with Crippen LogP contribution >= 0.6 is 11.6 Å². The predicted octanol–water partition coefficient (Wildman–Crippen LogP) is 2.41. The molecular formula is C16H19ClN2O4S. The van der Waals surface area contributed by atoms with Crippen LogP contribution < -0.4 is 5.69 Å². The largest absolute Gasteiger partial charge is 0.349 e. The maximum absolute atomic E-state index is 12.7. The molecule has 0 fully saturated rings. The standard InChI is InChI=1S/C16H19ClN2O4S/c1-11-5-6-13(9-12(11)2)24(22,23)19-8-7-18(15(19)21)14(20)16(3,4)10-17/h5-9H,10H2,1-4H3. The molecule has 24 heavy (non-hydrogen) atoms. The van der Waals surface area contributed by atoms with E-state index in [-0.39, 0.29) is 10.8 Å². The van der Waals surface area contributed by atoms with Crippen LogP contribution in [0.1, 0.15) is 29.8 Å². The fourth-order valence-corrected chi connectivity index (χ4v) is 3.48. The lowest BCUT2D eigenvalue weighted by Crippen LogP contribution is -2.39. The van der Waals surface area contributed by atoms with Crippen LogP contribution in [0.4, 0.5) is 0 Å². The summed E-state index contributed by atoms with van der Waals surface area (Å²) in [5.41, 5.74) is -0.181. The van der Waals surface area contributed by atoms with Gasteiger partial charge < -0.3 is 0 Å². The minimum absolute atomic E-state index is 0.00509. The number of aromatic nitrogens is 2. The van der Waals surface area contributed by atoms with E-state index < -0.39 is 27.0 Å². The van der Waals surface area contributed by atoms with E-state index in [1.807, 2.05) is 6.92 Å². The van der Waals surface area contributed by atoms with Crippen molar-refractivity contribution in [2.24, 2.45) is 5.41 Å². The van der Waals surface area contributed by atoms with Gasteiger partial charge >= 0.3 is 5.69 Å². The molecule has 0 aliphatic rings. The highest BCUT2D eigenvalue weighted by molar-refractivity contribution is 7.90. The van der Waals surface area contributed by atoms with Crippen molar-refractivity contribution in [3.8, 4) is 0 Å². The molecule has 0 saturated carbocycles. The number of nitrogens with zero attached hydrogens (tertiary/aromatic N) is 2. The Morgan fingerprint density at radius 2 is 1.79 bits per heavy atom. The van der Waals surface area contributed by atoms with E-state index in [1.54, 1.807) is 26.8 Å². The average Bonchev–Trinajstić information content (AvgIpc) is 2.91. The van der Waals surface area contributed by atoms with Crippen LogP contribution in [0.3, 0.4) is 0 Å². The summed E-state index contributed by atoms with van der Waals surface area (Å²) < 4.78 is 26.7. The van der Waals surface area contributed by atoms with Gasteiger partial charge in [0.2, 0.25) is 5.91 Å². The topological polar surface area (TPSA) is 78.1 Å². The first kappa shape index (κ1) is 18.5. The van der Waals surface area contributed by atoms with Gasteiger partial charge in [-0.15, -0.1) is 11.6 Å². The lowest BCUT2D eigenvalue weighted by Gasteiger charge is -2.18. The molecule has 130 valence electrons. The van der Waals surface area contributed by atoms with Crippen molar-refractivity contribution in [2.75, 3.05) is 5.88 Å². The third-order valence-corrected chi connectivity index (χ3v) is 6.23. The molecule has 0 amide bonds. The van der Waals surface area contributed by atoms with Crippen molar-refractivity contribution in [1.29, 1.82) is 0 Å². The number of carbonyl (C=O) groups is 1. The zero-order chi connectivity index (χ0) is 18.3. The zero-order valence-corrected chi connectivity index (χ0v) is 15.5. The number of benzene rings is 1. The summed E-state index contributed by atoms with van der Waals surface area (Å²) >= 11 is 5.75. The maximum atomic E-state index is 12.7. The molecule has 2 aromatic rings. The molecule has 0 atom stereocenters. The molecule has 0 aliphatic carbocycles. The molecule has 0 spiro atoms. The quantitative estimate of drug-likeness (QED) is 0.774. The molecule has 1 heterocycles. The smallest absolute Gasteiger partial charge is 0.273 e. The minimum Gasteiger partial charge on any atom is -0.273 e. The highest BCUT2D eigenvalue weighted by atomic mass is 35.5. The van der Waals surface area contributed by atoms with Crippen LogP contribution in [0.5, 0.6) is 0 Å². The second kappa shape index (κ2) is 6.22. The Labute approximate surface area is 145 Å². The number of aryl methyl sites for hydroxylation is 2. The molecule has 0 aliphatic heterocycles. The molecule has 0 bridgehead atoms. The van der Waals surface area contributed by atoms with Crippen LogP contribution in [0.25, 0.3) is 0 Å². The van der Waals surface area contributed by atoms with Crippen LogP contribution in [0.2, 0.25) is 0 Å². The first-order valence-corrected chi connectivity index (χ1v) is 9.23. The van der Waals surface area contributed by atoms with Crippen molar-refractivity contribution >= 4 is 27.5 Å². The van der Waals surface area contributed by atoms with E-state index in [2.05, 4.69) is 0 Å². The van der Waals surface area contributed by atoms with Crippen molar-refractivity contribution in [1.82, 2.24) is 8.54 Å². The van der Waals surface area contributed by atoms with E-state index in [1.165, 1.54) is 12.1 Å².